The van der Waals surface area contributed by atoms with Crippen LogP contribution >= 0.6 is 11.3 Å². The Balaban J connectivity index is 1.84. The molecule has 0 atom stereocenters. The van der Waals surface area contributed by atoms with Crippen LogP contribution in [0.2, 0.25) is 0 Å². The van der Waals surface area contributed by atoms with Crippen molar-refractivity contribution in [1.82, 2.24) is 15.6 Å². The first-order valence-corrected chi connectivity index (χ1v) is 6.67. The molecule has 0 radical (unpaired) electrons. The van der Waals surface area contributed by atoms with Crippen molar-refractivity contribution < 1.29 is 9.21 Å². The molecule has 0 aromatic carbocycles. The summed E-state index contributed by atoms with van der Waals surface area (Å²) in [4.78, 5) is 15.8. The van der Waals surface area contributed by atoms with E-state index < -0.39 is 0 Å². The van der Waals surface area contributed by atoms with Crippen molar-refractivity contribution in [3.8, 4) is 10.8 Å². The van der Waals surface area contributed by atoms with Crippen LogP contribution < -0.4 is 10.6 Å². The number of furan rings is 1. The van der Waals surface area contributed by atoms with E-state index in [1.54, 1.807) is 6.26 Å². The Morgan fingerprint density at radius 2 is 2.37 bits per heavy atom. The van der Waals surface area contributed by atoms with E-state index in [1.165, 1.54) is 11.3 Å². The number of hydrogen-bond acceptors (Lipinski definition) is 4. The summed E-state index contributed by atoms with van der Waals surface area (Å²) >= 11 is 1.49. The molecule has 0 fully saturated rings. The van der Waals surface area contributed by atoms with Crippen molar-refractivity contribution in [2.75, 3.05) is 6.54 Å². The quantitative estimate of drug-likeness (QED) is 0.826. The molecule has 2 aromatic heterocycles. The van der Waals surface area contributed by atoms with Crippen molar-refractivity contribution in [2.45, 2.75) is 13.5 Å². The van der Waals surface area contributed by atoms with Crippen molar-refractivity contribution in [3.05, 3.63) is 41.6 Å². The molecule has 0 bridgehead atoms. The average molecular weight is 277 g/mol. The maximum absolute atomic E-state index is 11.5. The lowest BCUT2D eigenvalue weighted by Gasteiger charge is -2.05. The smallest absolute Gasteiger partial charge is 0.315 e. The van der Waals surface area contributed by atoms with Crippen LogP contribution in [0.5, 0.6) is 0 Å². The molecule has 6 heteroatoms. The van der Waals surface area contributed by atoms with E-state index in [0.717, 1.165) is 22.0 Å². The molecule has 2 amide bonds. The Morgan fingerprint density at radius 3 is 3.05 bits per heavy atom. The summed E-state index contributed by atoms with van der Waals surface area (Å²) in [6.07, 6.45) is 1.61. The van der Waals surface area contributed by atoms with E-state index >= 15 is 0 Å². The third-order valence-corrected chi connectivity index (χ3v) is 3.17. The average Bonchev–Trinajstić information content (AvgIpc) is 3.03. The number of hydrogen-bond donors (Lipinski definition) is 2. The van der Waals surface area contributed by atoms with Gasteiger partial charge in [0.05, 0.1) is 18.5 Å². The normalized spacial score (nSPS) is 10.2. The Hall–Kier alpha value is -2.08. The molecule has 19 heavy (non-hydrogen) atoms. The predicted octanol–water partition coefficient (Wildman–Crippen LogP) is 2.78. The van der Waals surface area contributed by atoms with Gasteiger partial charge in [0.25, 0.3) is 0 Å². The number of nitrogens with zero attached hydrogens (tertiary/aromatic N) is 1. The van der Waals surface area contributed by atoms with Crippen molar-refractivity contribution >= 4 is 17.4 Å². The molecule has 0 spiro atoms. The maximum Gasteiger partial charge on any atom is 0.315 e. The summed E-state index contributed by atoms with van der Waals surface area (Å²) in [6.45, 7) is 6.43. The summed E-state index contributed by atoms with van der Waals surface area (Å²) in [5.74, 6) is 0.739. The third kappa shape index (κ3) is 3.96. The molecule has 2 rings (SSSR count). The van der Waals surface area contributed by atoms with Crippen molar-refractivity contribution in [2.24, 2.45) is 0 Å². The van der Waals surface area contributed by atoms with Crippen LogP contribution in [0.3, 0.4) is 0 Å². The summed E-state index contributed by atoms with van der Waals surface area (Å²) < 4.78 is 5.26. The van der Waals surface area contributed by atoms with Crippen LogP contribution in [0.4, 0.5) is 4.79 Å². The molecule has 0 saturated carbocycles. The first kappa shape index (κ1) is 13.4. The summed E-state index contributed by atoms with van der Waals surface area (Å²) in [5, 5.41) is 8.14. The SMILES string of the molecule is C=C(C)CNC(=O)NCc1csc(-c2ccco2)n1. The second-order valence-corrected chi connectivity index (χ2v) is 4.97. The minimum Gasteiger partial charge on any atom is -0.462 e. The Bertz CT molecular complexity index is 560. The van der Waals surface area contributed by atoms with Crippen LogP contribution in [0, 0.1) is 0 Å². The molecule has 0 aliphatic carbocycles. The molecule has 100 valence electrons. The van der Waals surface area contributed by atoms with Crippen LogP contribution in [0.25, 0.3) is 10.8 Å². The second-order valence-electron chi connectivity index (χ2n) is 4.11. The summed E-state index contributed by atoms with van der Waals surface area (Å²) in [6, 6.07) is 3.45. The van der Waals surface area contributed by atoms with E-state index in [9.17, 15) is 4.79 Å². The van der Waals surface area contributed by atoms with E-state index in [0.29, 0.717) is 13.1 Å². The van der Waals surface area contributed by atoms with Gasteiger partial charge in [0.15, 0.2) is 10.8 Å². The van der Waals surface area contributed by atoms with E-state index in [2.05, 4.69) is 22.2 Å². The number of carbonyl (C=O) groups is 1. The fourth-order valence-corrected chi connectivity index (χ4v) is 2.15. The molecule has 2 heterocycles. The van der Waals surface area contributed by atoms with Crippen LogP contribution in [-0.2, 0) is 6.54 Å². The molecule has 5 nitrogen and oxygen atoms in total. The number of amides is 2. The summed E-state index contributed by atoms with van der Waals surface area (Å²) in [7, 11) is 0. The van der Waals surface area contributed by atoms with Gasteiger partial charge >= 0.3 is 6.03 Å². The molecule has 2 aromatic rings. The zero-order valence-corrected chi connectivity index (χ0v) is 11.4. The molecule has 2 N–H and O–H groups in total. The first-order valence-electron chi connectivity index (χ1n) is 5.79. The lowest BCUT2D eigenvalue weighted by Crippen LogP contribution is -2.35. The molecule has 0 aliphatic rings. The fourth-order valence-electron chi connectivity index (χ4n) is 1.37. The van der Waals surface area contributed by atoms with Gasteiger partial charge in [-0.1, -0.05) is 12.2 Å². The van der Waals surface area contributed by atoms with Crippen LogP contribution in [-0.4, -0.2) is 17.6 Å². The van der Waals surface area contributed by atoms with E-state index in [4.69, 9.17) is 4.42 Å². The van der Waals surface area contributed by atoms with Gasteiger partial charge in [-0.2, -0.15) is 0 Å². The topological polar surface area (TPSA) is 67.2 Å². The highest BCUT2D eigenvalue weighted by Crippen LogP contribution is 2.23. The van der Waals surface area contributed by atoms with Crippen LogP contribution in [0.1, 0.15) is 12.6 Å². The maximum atomic E-state index is 11.5. The zero-order valence-electron chi connectivity index (χ0n) is 10.6. The highest BCUT2D eigenvalue weighted by atomic mass is 32.1. The molecular formula is C13H15N3O2S. The molecule has 0 unspecified atom stereocenters. The third-order valence-electron chi connectivity index (χ3n) is 2.26. The summed E-state index contributed by atoms with van der Waals surface area (Å²) in [5.41, 5.74) is 1.71. The largest absolute Gasteiger partial charge is 0.462 e. The fraction of sp³-hybridized carbons (Fsp3) is 0.231. The Kier molecular flexibility index (Phi) is 4.35. The van der Waals surface area contributed by atoms with Gasteiger partial charge < -0.3 is 15.1 Å². The Labute approximate surface area is 115 Å². The predicted molar refractivity (Wildman–Crippen MR) is 74.9 cm³/mol. The molecule has 0 aliphatic heterocycles. The van der Waals surface area contributed by atoms with Gasteiger partial charge in [-0.25, -0.2) is 9.78 Å². The second kappa shape index (κ2) is 6.19. The van der Waals surface area contributed by atoms with Gasteiger partial charge in [-0.15, -0.1) is 11.3 Å². The Morgan fingerprint density at radius 1 is 1.53 bits per heavy atom. The van der Waals surface area contributed by atoms with Gasteiger partial charge in [-0.3, -0.25) is 0 Å². The van der Waals surface area contributed by atoms with Gasteiger partial charge in [-0.05, 0) is 19.1 Å². The highest BCUT2D eigenvalue weighted by molar-refractivity contribution is 7.13. The lowest BCUT2D eigenvalue weighted by atomic mass is 10.3. The van der Waals surface area contributed by atoms with Crippen LogP contribution in [0.15, 0.2) is 40.3 Å². The number of rotatable bonds is 5. The van der Waals surface area contributed by atoms with E-state index in [1.807, 2.05) is 24.4 Å². The number of aromatic nitrogens is 1. The number of thiazole rings is 1. The standard InChI is InChI=1S/C13H15N3O2S/c1-9(2)6-14-13(17)15-7-10-8-19-12(16-10)11-4-3-5-18-11/h3-5,8H,1,6-7H2,2H3,(H2,14,15,17). The zero-order chi connectivity index (χ0) is 13.7. The van der Waals surface area contributed by atoms with Gasteiger partial charge in [0.1, 0.15) is 0 Å². The number of carbonyl (C=O) groups excluding carboxylic acids is 1. The number of nitrogens with one attached hydrogen (secondary N) is 2. The van der Waals surface area contributed by atoms with Gasteiger partial charge in [0, 0.05) is 11.9 Å². The van der Waals surface area contributed by atoms with Crippen molar-refractivity contribution in [3.63, 3.8) is 0 Å². The highest BCUT2D eigenvalue weighted by Gasteiger charge is 2.07. The van der Waals surface area contributed by atoms with E-state index in [-0.39, 0.29) is 6.03 Å². The minimum atomic E-state index is -0.226. The first-order chi connectivity index (χ1) is 9.15. The lowest BCUT2D eigenvalue weighted by molar-refractivity contribution is 0.241. The molecular weight excluding hydrogens is 262 g/mol. The molecule has 0 saturated heterocycles. The van der Waals surface area contributed by atoms with Gasteiger partial charge in [0.2, 0.25) is 0 Å². The number of urea groups is 1. The van der Waals surface area contributed by atoms with Crippen molar-refractivity contribution in [1.29, 1.82) is 0 Å². The monoisotopic (exact) mass is 277 g/mol. The minimum absolute atomic E-state index is 0.226.